The van der Waals surface area contributed by atoms with Crippen molar-refractivity contribution in [2.45, 2.75) is 43.6 Å². The Morgan fingerprint density at radius 1 is 1.23 bits per heavy atom. The molecule has 9 nitrogen and oxygen atoms in total. The number of phenols is 1. The number of thioether (sulfide) groups is 1. The Labute approximate surface area is 184 Å². The van der Waals surface area contributed by atoms with Gasteiger partial charge in [0.2, 0.25) is 11.7 Å². The number of aromatic hydroxyl groups is 1. The molecule has 2 aliphatic heterocycles. The first-order valence-electron chi connectivity index (χ1n) is 10.1. The van der Waals surface area contributed by atoms with Crippen molar-refractivity contribution in [3.05, 3.63) is 33.6 Å². The van der Waals surface area contributed by atoms with E-state index >= 15 is 0 Å². The fourth-order valence-electron chi connectivity index (χ4n) is 4.27. The highest BCUT2D eigenvalue weighted by Crippen LogP contribution is 2.46. The first kappa shape index (κ1) is 21.6. The summed E-state index contributed by atoms with van der Waals surface area (Å²) in [4.78, 5) is 25.6. The standard InChI is InChI=1S/C21H27N3O6S/c1-21(2)9-12(5-6-30-21)24-19-16(20(27)23-24)18(31-10-15(25)22-19)11-7-13(28-3)17(26)14(8-11)29-4/h7-8,12,18,26H,5-6,9-10H2,1-4H3,(H,22,25)(H,23,27). The van der Waals surface area contributed by atoms with Crippen LogP contribution in [0.3, 0.4) is 0 Å². The van der Waals surface area contributed by atoms with E-state index < -0.39 is 5.25 Å². The average Bonchev–Trinajstić information content (AvgIpc) is 2.93. The first-order valence-corrected chi connectivity index (χ1v) is 11.1. The number of anilines is 1. The summed E-state index contributed by atoms with van der Waals surface area (Å²) in [6.07, 6.45) is 1.44. The predicted molar refractivity (Wildman–Crippen MR) is 117 cm³/mol. The zero-order chi connectivity index (χ0) is 22.3. The number of ether oxygens (including phenoxy) is 3. The van der Waals surface area contributed by atoms with E-state index in [0.29, 0.717) is 30.0 Å². The molecule has 10 heteroatoms. The normalized spacial score (nSPS) is 22.9. The van der Waals surface area contributed by atoms with Crippen LogP contribution in [-0.4, -0.2) is 53.0 Å². The Hall–Kier alpha value is -2.59. The Balaban J connectivity index is 1.84. The number of carbonyl (C=O) groups excluding carboxylic acids is 1. The van der Waals surface area contributed by atoms with Gasteiger partial charge in [-0.05, 0) is 44.4 Å². The molecule has 1 saturated heterocycles. The molecule has 0 bridgehead atoms. The molecule has 168 valence electrons. The van der Waals surface area contributed by atoms with E-state index in [0.717, 1.165) is 6.42 Å². The number of amides is 1. The van der Waals surface area contributed by atoms with Gasteiger partial charge < -0.3 is 24.6 Å². The number of fused-ring (bicyclic) bond motifs is 1. The van der Waals surface area contributed by atoms with Crippen molar-refractivity contribution in [2.24, 2.45) is 0 Å². The van der Waals surface area contributed by atoms with E-state index in [1.807, 2.05) is 13.8 Å². The molecule has 31 heavy (non-hydrogen) atoms. The molecule has 4 rings (SSSR count). The Bertz CT molecular complexity index is 1030. The molecule has 2 unspecified atom stereocenters. The van der Waals surface area contributed by atoms with Gasteiger partial charge in [-0.25, -0.2) is 0 Å². The minimum Gasteiger partial charge on any atom is -0.502 e. The number of hydrogen-bond acceptors (Lipinski definition) is 7. The van der Waals surface area contributed by atoms with Gasteiger partial charge in [-0.3, -0.25) is 19.4 Å². The van der Waals surface area contributed by atoms with Crippen molar-refractivity contribution >= 4 is 23.5 Å². The van der Waals surface area contributed by atoms with Crippen LogP contribution < -0.4 is 20.3 Å². The molecule has 0 radical (unpaired) electrons. The summed E-state index contributed by atoms with van der Waals surface area (Å²) in [6, 6.07) is 3.33. The molecule has 1 aromatic carbocycles. The van der Waals surface area contributed by atoms with Crippen LogP contribution in [0.15, 0.2) is 16.9 Å². The number of H-pyrrole nitrogens is 1. The van der Waals surface area contributed by atoms with E-state index in [9.17, 15) is 14.7 Å². The highest BCUT2D eigenvalue weighted by molar-refractivity contribution is 8.00. The Morgan fingerprint density at radius 2 is 1.90 bits per heavy atom. The Kier molecular flexibility index (Phi) is 5.69. The lowest BCUT2D eigenvalue weighted by atomic mass is 9.94. The van der Waals surface area contributed by atoms with Gasteiger partial charge in [0.05, 0.1) is 42.4 Å². The maximum atomic E-state index is 13.1. The van der Waals surface area contributed by atoms with Crippen LogP contribution >= 0.6 is 11.8 Å². The molecular formula is C21H27N3O6S. The summed E-state index contributed by atoms with van der Waals surface area (Å²) in [5, 5.41) is 15.7. The fourth-order valence-corrected chi connectivity index (χ4v) is 5.37. The quantitative estimate of drug-likeness (QED) is 0.657. The van der Waals surface area contributed by atoms with Gasteiger partial charge in [0.25, 0.3) is 5.56 Å². The maximum Gasteiger partial charge on any atom is 0.270 e. The van der Waals surface area contributed by atoms with Gasteiger partial charge in [0.15, 0.2) is 11.5 Å². The molecule has 1 amide bonds. The van der Waals surface area contributed by atoms with Gasteiger partial charge in [0, 0.05) is 6.61 Å². The monoisotopic (exact) mass is 449 g/mol. The van der Waals surface area contributed by atoms with Crippen LogP contribution in [0, 0.1) is 0 Å². The summed E-state index contributed by atoms with van der Waals surface area (Å²) in [5.41, 5.74) is 0.585. The molecule has 2 aromatic rings. The molecule has 2 aliphatic rings. The number of carbonyl (C=O) groups is 1. The minimum atomic E-state index is -0.449. The molecule has 0 saturated carbocycles. The average molecular weight is 450 g/mol. The molecule has 0 spiro atoms. The largest absolute Gasteiger partial charge is 0.502 e. The van der Waals surface area contributed by atoms with Crippen LogP contribution in [0.2, 0.25) is 0 Å². The molecule has 3 N–H and O–H groups in total. The summed E-state index contributed by atoms with van der Waals surface area (Å²) in [5.74, 6) is 0.856. The number of nitrogens with one attached hydrogen (secondary N) is 2. The number of benzene rings is 1. The highest BCUT2D eigenvalue weighted by Gasteiger charge is 2.36. The SMILES string of the molecule is COc1cc(C2SCC(=O)Nc3c2c(=O)[nH]n3C2CCOC(C)(C)C2)cc(OC)c1O. The molecule has 3 heterocycles. The smallest absolute Gasteiger partial charge is 0.270 e. The maximum absolute atomic E-state index is 13.1. The highest BCUT2D eigenvalue weighted by atomic mass is 32.2. The van der Waals surface area contributed by atoms with Gasteiger partial charge in [-0.1, -0.05) is 0 Å². The summed E-state index contributed by atoms with van der Waals surface area (Å²) in [7, 11) is 2.90. The number of phenolic OH excluding ortho intramolecular Hbond substituents is 1. The third-order valence-electron chi connectivity index (χ3n) is 5.70. The summed E-state index contributed by atoms with van der Waals surface area (Å²) >= 11 is 1.34. The lowest BCUT2D eigenvalue weighted by Gasteiger charge is -2.36. The second-order valence-electron chi connectivity index (χ2n) is 8.34. The second kappa shape index (κ2) is 8.16. The molecule has 2 atom stereocenters. The summed E-state index contributed by atoms with van der Waals surface area (Å²) in [6.45, 7) is 4.61. The number of aromatic nitrogens is 2. The van der Waals surface area contributed by atoms with E-state index in [4.69, 9.17) is 14.2 Å². The van der Waals surface area contributed by atoms with Gasteiger partial charge in [-0.2, -0.15) is 0 Å². The second-order valence-corrected chi connectivity index (χ2v) is 9.43. The van der Waals surface area contributed by atoms with Crippen LogP contribution in [0.25, 0.3) is 0 Å². The first-order chi connectivity index (χ1) is 14.7. The Morgan fingerprint density at radius 3 is 2.52 bits per heavy atom. The third-order valence-corrected chi connectivity index (χ3v) is 6.97. The third kappa shape index (κ3) is 4.01. The van der Waals surface area contributed by atoms with Crippen LogP contribution in [0.5, 0.6) is 17.2 Å². The molecule has 1 fully saturated rings. The topological polar surface area (TPSA) is 115 Å². The van der Waals surface area contributed by atoms with Crippen molar-refractivity contribution in [2.75, 3.05) is 31.9 Å². The van der Waals surface area contributed by atoms with Gasteiger partial charge in [-0.15, -0.1) is 11.8 Å². The fraction of sp³-hybridized carbons (Fsp3) is 0.524. The van der Waals surface area contributed by atoms with Crippen LogP contribution in [-0.2, 0) is 9.53 Å². The van der Waals surface area contributed by atoms with Crippen molar-refractivity contribution in [1.29, 1.82) is 0 Å². The zero-order valence-corrected chi connectivity index (χ0v) is 18.8. The number of nitrogens with zero attached hydrogens (tertiary/aromatic N) is 1. The van der Waals surface area contributed by atoms with E-state index in [2.05, 4.69) is 10.4 Å². The van der Waals surface area contributed by atoms with E-state index in [1.165, 1.54) is 26.0 Å². The number of hydrogen-bond donors (Lipinski definition) is 3. The minimum absolute atomic E-state index is 0.00635. The van der Waals surface area contributed by atoms with E-state index in [1.54, 1.807) is 16.8 Å². The molecule has 0 aliphatic carbocycles. The van der Waals surface area contributed by atoms with Crippen molar-refractivity contribution in [1.82, 2.24) is 9.78 Å². The van der Waals surface area contributed by atoms with Crippen molar-refractivity contribution < 1.29 is 24.1 Å². The lowest BCUT2D eigenvalue weighted by Crippen LogP contribution is -2.36. The number of methoxy groups -OCH3 is 2. The zero-order valence-electron chi connectivity index (χ0n) is 18.0. The summed E-state index contributed by atoms with van der Waals surface area (Å²) < 4.78 is 18.2. The van der Waals surface area contributed by atoms with E-state index in [-0.39, 0.29) is 46.1 Å². The van der Waals surface area contributed by atoms with Crippen molar-refractivity contribution in [3.63, 3.8) is 0 Å². The van der Waals surface area contributed by atoms with Crippen molar-refractivity contribution in [3.8, 4) is 17.2 Å². The molecule has 1 aromatic heterocycles. The number of rotatable bonds is 4. The lowest BCUT2D eigenvalue weighted by molar-refractivity contribution is -0.113. The van der Waals surface area contributed by atoms with Crippen LogP contribution in [0.4, 0.5) is 5.82 Å². The number of aromatic amines is 1. The predicted octanol–water partition coefficient (Wildman–Crippen LogP) is 2.80. The van der Waals surface area contributed by atoms with Gasteiger partial charge in [0.1, 0.15) is 5.82 Å². The van der Waals surface area contributed by atoms with Crippen LogP contribution in [0.1, 0.15) is 49.1 Å². The van der Waals surface area contributed by atoms with Gasteiger partial charge >= 0.3 is 0 Å². The molecular weight excluding hydrogens is 422 g/mol.